The summed E-state index contributed by atoms with van der Waals surface area (Å²) in [6.45, 7) is 5.50. The van der Waals surface area contributed by atoms with Gasteiger partial charge in [-0.1, -0.05) is 0 Å². The Labute approximate surface area is 115 Å². The number of rotatable bonds is 2. The second-order valence-electron chi connectivity index (χ2n) is 4.52. The molecule has 2 aromatic rings. The Morgan fingerprint density at radius 2 is 1.84 bits per heavy atom. The second kappa shape index (κ2) is 5.05. The Hall–Kier alpha value is -1.82. The van der Waals surface area contributed by atoms with Crippen molar-refractivity contribution < 1.29 is 4.39 Å². The number of halogens is 1. The highest BCUT2D eigenvalue weighted by atomic mass is 32.1. The number of aromatic nitrogens is 3. The van der Waals surface area contributed by atoms with Crippen LogP contribution in [-0.4, -0.2) is 14.3 Å². The Morgan fingerprint density at radius 1 is 1.26 bits per heavy atom. The van der Waals surface area contributed by atoms with Gasteiger partial charge in [0.15, 0.2) is 0 Å². The lowest BCUT2D eigenvalue weighted by molar-refractivity contribution is 0.480. The van der Waals surface area contributed by atoms with Crippen molar-refractivity contribution in [3.63, 3.8) is 0 Å². The van der Waals surface area contributed by atoms with Crippen LogP contribution in [0.25, 0.3) is 5.69 Å². The van der Waals surface area contributed by atoms with E-state index in [2.05, 4.69) is 5.10 Å². The molecular formula is C13H14FN3OS. The Kier molecular flexibility index (Phi) is 3.61. The van der Waals surface area contributed by atoms with E-state index in [0.29, 0.717) is 16.2 Å². The monoisotopic (exact) mass is 279 g/mol. The van der Waals surface area contributed by atoms with Crippen LogP contribution in [0, 0.1) is 17.5 Å². The first-order valence-electron chi connectivity index (χ1n) is 5.90. The van der Waals surface area contributed by atoms with E-state index in [1.165, 1.54) is 28.8 Å². The van der Waals surface area contributed by atoms with E-state index in [4.69, 9.17) is 12.2 Å². The third-order valence-electron chi connectivity index (χ3n) is 2.73. The predicted octanol–water partition coefficient (Wildman–Crippen LogP) is 2.79. The first-order chi connectivity index (χ1) is 8.91. The molecule has 0 aliphatic rings. The molecular weight excluding hydrogens is 265 g/mol. The first-order valence-corrected chi connectivity index (χ1v) is 6.31. The maximum absolute atomic E-state index is 13.0. The zero-order valence-corrected chi connectivity index (χ0v) is 11.7. The van der Waals surface area contributed by atoms with Crippen LogP contribution in [-0.2, 0) is 0 Å². The summed E-state index contributed by atoms with van der Waals surface area (Å²) in [6, 6.07) is 5.68. The number of benzene rings is 1. The third-order valence-corrected chi connectivity index (χ3v) is 3.10. The fraction of sp³-hybridized carbons (Fsp3) is 0.308. The van der Waals surface area contributed by atoms with Crippen molar-refractivity contribution in [3.05, 3.63) is 50.9 Å². The molecule has 4 nitrogen and oxygen atoms in total. The summed E-state index contributed by atoms with van der Waals surface area (Å²) in [5.41, 5.74) is 0.608. The molecule has 0 unspecified atom stereocenters. The van der Waals surface area contributed by atoms with Gasteiger partial charge in [0, 0.05) is 6.04 Å². The van der Waals surface area contributed by atoms with E-state index in [9.17, 15) is 9.18 Å². The highest BCUT2D eigenvalue weighted by molar-refractivity contribution is 7.71. The summed E-state index contributed by atoms with van der Waals surface area (Å²) >= 11 is 5.30. The van der Waals surface area contributed by atoms with Crippen LogP contribution in [0.3, 0.4) is 0 Å². The van der Waals surface area contributed by atoms with Crippen LogP contribution in [0.1, 0.15) is 25.6 Å². The van der Waals surface area contributed by atoms with E-state index in [1.54, 1.807) is 11.6 Å². The summed E-state index contributed by atoms with van der Waals surface area (Å²) in [5, 5.41) is 4.18. The van der Waals surface area contributed by atoms with Crippen LogP contribution >= 0.6 is 12.2 Å². The van der Waals surface area contributed by atoms with Crippen molar-refractivity contribution in [1.82, 2.24) is 14.3 Å². The standard InChI is InChI=1S/C13H14FN3OS/c1-8(2)17-13(19)16(12(18)9(3)15-17)11-6-4-10(14)5-7-11/h4-8H,1-3H3. The molecule has 6 heteroatoms. The fourth-order valence-electron chi connectivity index (χ4n) is 1.75. The van der Waals surface area contributed by atoms with Gasteiger partial charge >= 0.3 is 0 Å². The van der Waals surface area contributed by atoms with E-state index < -0.39 is 0 Å². The molecule has 0 saturated heterocycles. The van der Waals surface area contributed by atoms with E-state index in [0.717, 1.165) is 0 Å². The van der Waals surface area contributed by atoms with E-state index in [1.807, 2.05) is 13.8 Å². The van der Waals surface area contributed by atoms with Gasteiger partial charge in [-0.15, -0.1) is 0 Å². The predicted molar refractivity (Wildman–Crippen MR) is 73.7 cm³/mol. The fourth-order valence-corrected chi connectivity index (χ4v) is 2.19. The van der Waals surface area contributed by atoms with Crippen LogP contribution < -0.4 is 5.56 Å². The number of hydrogen-bond donors (Lipinski definition) is 0. The molecule has 0 aliphatic heterocycles. The SMILES string of the molecule is Cc1nn(C(C)C)c(=S)n(-c2ccc(F)cc2)c1=O. The van der Waals surface area contributed by atoms with Crippen molar-refractivity contribution >= 4 is 12.2 Å². The van der Waals surface area contributed by atoms with Gasteiger partial charge in [-0.05, 0) is 57.3 Å². The van der Waals surface area contributed by atoms with E-state index in [-0.39, 0.29) is 17.4 Å². The van der Waals surface area contributed by atoms with Crippen LogP contribution in [0.15, 0.2) is 29.1 Å². The summed E-state index contributed by atoms with van der Waals surface area (Å²) in [5.74, 6) is -0.356. The maximum Gasteiger partial charge on any atom is 0.280 e. The zero-order valence-electron chi connectivity index (χ0n) is 10.9. The molecule has 0 spiro atoms. The lowest BCUT2D eigenvalue weighted by Crippen LogP contribution is -2.28. The van der Waals surface area contributed by atoms with Crippen molar-refractivity contribution in [2.75, 3.05) is 0 Å². The first kappa shape index (κ1) is 13.6. The molecule has 1 aromatic carbocycles. The molecule has 0 saturated carbocycles. The van der Waals surface area contributed by atoms with Crippen LogP contribution in [0.5, 0.6) is 0 Å². The van der Waals surface area contributed by atoms with Crippen LogP contribution in [0.4, 0.5) is 4.39 Å². The molecule has 2 rings (SSSR count). The minimum atomic E-state index is -0.356. The summed E-state index contributed by atoms with van der Waals surface area (Å²) in [6.07, 6.45) is 0. The molecule has 0 radical (unpaired) electrons. The molecule has 1 aromatic heterocycles. The van der Waals surface area contributed by atoms with E-state index >= 15 is 0 Å². The van der Waals surface area contributed by atoms with Gasteiger partial charge in [0.05, 0.1) is 5.69 Å². The van der Waals surface area contributed by atoms with Gasteiger partial charge in [-0.2, -0.15) is 5.10 Å². The molecule has 100 valence electrons. The molecule has 0 fully saturated rings. The Morgan fingerprint density at radius 3 is 2.37 bits per heavy atom. The highest BCUT2D eigenvalue weighted by Gasteiger charge is 2.11. The molecule has 0 bridgehead atoms. The van der Waals surface area contributed by atoms with Gasteiger partial charge in [0.1, 0.15) is 11.5 Å². The zero-order chi connectivity index (χ0) is 14.2. The normalized spacial score (nSPS) is 11.0. The third kappa shape index (κ3) is 2.49. The van der Waals surface area contributed by atoms with Gasteiger partial charge in [0.2, 0.25) is 4.77 Å². The van der Waals surface area contributed by atoms with Crippen molar-refractivity contribution in [2.24, 2.45) is 0 Å². The largest absolute Gasteiger partial charge is 0.280 e. The maximum atomic E-state index is 13.0. The molecule has 1 heterocycles. The number of hydrogen-bond acceptors (Lipinski definition) is 3. The number of aryl methyl sites for hydroxylation is 1. The summed E-state index contributed by atoms with van der Waals surface area (Å²) in [7, 11) is 0. The molecule has 0 atom stereocenters. The number of nitrogens with zero attached hydrogens (tertiary/aromatic N) is 3. The highest BCUT2D eigenvalue weighted by Crippen LogP contribution is 2.10. The summed E-state index contributed by atoms with van der Waals surface area (Å²) in [4.78, 5) is 12.2. The molecule has 0 amide bonds. The topological polar surface area (TPSA) is 39.8 Å². The molecule has 0 N–H and O–H groups in total. The molecule has 19 heavy (non-hydrogen) atoms. The van der Waals surface area contributed by atoms with Crippen molar-refractivity contribution in [3.8, 4) is 5.69 Å². The van der Waals surface area contributed by atoms with Gasteiger partial charge in [-0.3, -0.25) is 9.36 Å². The minimum Gasteiger partial charge on any atom is -0.267 e. The smallest absolute Gasteiger partial charge is 0.267 e. The van der Waals surface area contributed by atoms with Gasteiger partial charge in [-0.25, -0.2) is 9.07 Å². The minimum absolute atomic E-state index is 0.0403. The van der Waals surface area contributed by atoms with Crippen molar-refractivity contribution in [2.45, 2.75) is 26.8 Å². The Bertz CT molecular complexity index is 716. The lowest BCUT2D eigenvalue weighted by Gasteiger charge is -2.14. The van der Waals surface area contributed by atoms with Crippen molar-refractivity contribution in [1.29, 1.82) is 0 Å². The van der Waals surface area contributed by atoms with Gasteiger partial charge < -0.3 is 0 Å². The van der Waals surface area contributed by atoms with Gasteiger partial charge in [0.25, 0.3) is 5.56 Å². The lowest BCUT2D eigenvalue weighted by atomic mass is 10.3. The Balaban J connectivity index is 2.79. The summed E-state index contributed by atoms with van der Waals surface area (Å²) < 4.78 is 16.2. The average Bonchev–Trinajstić information content (AvgIpc) is 2.36. The quantitative estimate of drug-likeness (QED) is 0.794. The van der Waals surface area contributed by atoms with Crippen LogP contribution in [0.2, 0.25) is 0 Å². The average molecular weight is 279 g/mol. The molecule has 0 aliphatic carbocycles. The second-order valence-corrected chi connectivity index (χ2v) is 4.89.